The van der Waals surface area contributed by atoms with Crippen molar-refractivity contribution in [1.29, 1.82) is 0 Å². The van der Waals surface area contributed by atoms with E-state index in [0.29, 0.717) is 28.0 Å². The van der Waals surface area contributed by atoms with Crippen molar-refractivity contribution in [2.75, 3.05) is 33.3 Å². The molecule has 6 nitrogen and oxygen atoms in total. The lowest BCUT2D eigenvalue weighted by molar-refractivity contribution is -0.147. The first-order valence-electron chi connectivity index (χ1n) is 8.16. The summed E-state index contributed by atoms with van der Waals surface area (Å²) in [6.45, 7) is 1.28. The number of sulfonamides is 1. The molecule has 2 heterocycles. The average molecular weight is 449 g/mol. The van der Waals surface area contributed by atoms with Crippen LogP contribution >= 0.6 is 34.5 Å². The van der Waals surface area contributed by atoms with Crippen LogP contribution < -0.4 is 0 Å². The number of ether oxygens (including phenoxy) is 1. The van der Waals surface area contributed by atoms with Crippen LogP contribution in [0, 0.1) is 0 Å². The van der Waals surface area contributed by atoms with E-state index in [0.717, 1.165) is 11.3 Å². The predicted octanol–water partition coefficient (Wildman–Crippen LogP) is 3.28. The zero-order valence-electron chi connectivity index (χ0n) is 14.5. The molecule has 1 aliphatic rings. The molecule has 0 unspecified atom stereocenters. The summed E-state index contributed by atoms with van der Waals surface area (Å²) in [7, 11) is -2.26. The van der Waals surface area contributed by atoms with Gasteiger partial charge in [0, 0.05) is 31.2 Å². The second-order valence-electron chi connectivity index (χ2n) is 5.95. The van der Waals surface area contributed by atoms with Gasteiger partial charge in [0.2, 0.25) is 0 Å². The van der Waals surface area contributed by atoms with Crippen LogP contribution in [0.4, 0.5) is 0 Å². The van der Waals surface area contributed by atoms with Gasteiger partial charge >= 0.3 is 5.97 Å². The van der Waals surface area contributed by atoms with Crippen molar-refractivity contribution in [2.24, 2.45) is 0 Å². The minimum atomic E-state index is -3.59. The Balaban J connectivity index is 1.78. The largest absolute Gasteiger partial charge is 0.468 e. The normalized spacial score (nSPS) is 17.6. The summed E-state index contributed by atoms with van der Waals surface area (Å²) in [4.78, 5) is 14.3. The Kier molecular flexibility index (Phi) is 6.45. The number of piperazine rings is 1. The van der Waals surface area contributed by atoms with Crippen LogP contribution in [0.25, 0.3) is 0 Å². The summed E-state index contributed by atoms with van der Waals surface area (Å²) < 4.78 is 32.5. The van der Waals surface area contributed by atoms with Crippen molar-refractivity contribution in [3.05, 3.63) is 51.3 Å². The predicted molar refractivity (Wildman–Crippen MR) is 106 cm³/mol. The van der Waals surface area contributed by atoms with E-state index in [2.05, 4.69) is 0 Å². The maximum atomic E-state index is 12.7. The fourth-order valence-corrected chi connectivity index (χ4v) is 6.35. The molecule has 1 aromatic heterocycles. The van der Waals surface area contributed by atoms with Gasteiger partial charge in [-0.2, -0.15) is 4.31 Å². The van der Waals surface area contributed by atoms with Crippen LogP contribution in [0.2, 0.25) is 9.36 Å². The monoisotopic (exact) mass is 448 g/mol. The summed E-state index contributed by atoms with van der Waals surface area (Å²) in [6.07, 6.45) is 0. The molecule has 0 amide bonds. The van der Waals surface area contributed by atoms with Crippen LogP contribution in [0.1, 0.15) is 11.6 Å². The molecule has 146 valence electrons. The molecule has 0 N–H and O–H groups in total. The molecule has 1 saturated heterocycles. The molecule has 0 aliphatic carbocycles. The van der Waals surface area contributed by atoms with E-state index >= 15 is 0 Å². The first-order valence-corrected chi connectivity index (χ1v) is 11.2. The van der Waals surface area contributed by atoms with E-state index in [1.54, 1.807) is 30.3 Å². The highest BCUT2D eigenvalue weighted by atomic mass is 35.5. The second kappa shape index (κ2) is 8.46. The van der Waals surface area contributed by atoms with E-state index in [1.807, 2.05) is 4.90 Å². The van der Waals surface area contributed by atoms with Gasteiger partial charge in [-0.25, -0.2) is 13.2 Å². The Hall–Kier alpha value is -1.16. The molecule has 3 rings (SSSR count). The summed E-state index contributed by atoms with van der Waals surface area (Å²) in [5.74, 6) is -0.426. The lowest BCUT2D eigenvalue weighted by Crippen LogP contribution is -2.51. The fraction of sp³-hybridized carbons (Fsp3) is 0.353. The third-order valence-electron chi connectivity index (χ3n) is 4.41. The van der Waals surface area contributed by atoms with Gasteiger partial charge in [-0.15, -0.1) is 11.3 Å². The summed E-state index contributed by atoms with van der Waals surface area (Å²) in [5, 5.41) is 0.469. The van der Waals surface area contributed by atoms with Gasteiger partial charge < -0.3 is 4.74 Å². The molecule has 27 heavy (non-hydrogen) atoms. The number of carbonyl (C=O) groups excluding carboxylic acids is 1. The lowest BCUT2D eigenvalue weighted by atomic mass is 10.0. The van der Waals surface area contributed by atoms with E-state index in [1.165, 1.54) is 17.5 Å². The second-order valence-corrected chi connectivity index (χ2v) is 10.2. The Morgan fingerprint density at radius 2 is 1.78 bits per heavy atom. The van der Waals surface area contributed by atoms with Crippen molar-refractivity contribution >= 4 is 50.5 Å². The molecule has 1 fully saturated rings. The van der Waals surface area contributed by atoms with Crippen molar-refractivity contribution in [2.45, 2.75) is 10.3 Å². The van der Waals surface area contributed by atoms with Crippen LogP contribution in [-0.4, -0.2) is 56.9 Å². The maximum Gasteiger partial charge on any atom is 0.327 e. The van der Waals surface area contributed by atoms with Crippen molar-refractivity contribution in [3.8, 4) is 0 Å². The minimum Gasteiger partial charge on any atom is -0.468 e. The van der Waals surface area contributed by atoms with Gasteiger partial charge in [0.15, 0.2) is 0 Å². The van der Waals surface area contributed by atoms with Crippen molar-refractivity contribution < 1.29 is 17.9 Å². The highest BCUT2D eigenvalue weighted by molar-refractivity contribution is 7.91. The molecular weight excluding hydrogens is 431 g/mol. The van der Waals surface area contributed by atoms with Gasteiger partial charge in [-0.1, -0.05) is 41.4 Å². The average Bonchev–Trinajstić information content (AvgIpc) is 3.11. The molecule has 1 aliphatic heterocycles. The molecule has 10 heteroatoms. The fourth-order valence-electron chi connectivity index (χ4n) is 3.05. The molecule has 0 radical (unpaired) electrons. The number of nitrogens with zero attached hydrogens (tertiary/aromatic N) is 2. The number of carbonyl (C=O) groups is 1. The number of benzene rings is 1. The van der Waals surface area contributed by atoms with Crippen molar-refractivity contribution in [1.82, 2.24) is 9.21 Å². The van der Waals surface area contributed by atoms with Gasteiger partial charge in [-0.05, 0) is 23.8 Å². The minimum absolute atomic E-state index is 0.219. The third kappa shape index (κ3) is 4.31. The van der Waals surface area contributed by atoms with Crippen LogP contribution in [0.5, 0.6) is 0 Å². The number of halogens is 2. The van der Waals surface area contributed by atoms with E-state index in [-0.39, 0.29) is 17.3 Å². The molecule has 1 atom stereocenters. The summed E-state index contributed by atoms with van der Waals surface area (Å²) in [6, 6.07) is 9.49. The number of hydrogen-bond donors (Lipinski definition) is 0. The molecule has 0 bridgehead atoms. The number of methoxy groups -OCH3 is 1. The van der Waals surface area contributed by atoms with Crippen LogP contribution in [0.15, 0.2) is 40.6 Å². The van der Waals surface area contributed by atoms with Crippen LogP contribution in [-0.2, 0) is 19.6 Å². The van der Waals surface area contributed by atoms with Gasteiger partial charge in [-0.3, -0.25) is 4.90 Å². The standard InChI is InChI=1S/C17H18Cl2N2O4S2/c1-25-17(22)16(12-4-2-3-5-13(12)18)20-8-10-21(11-9-20)27(23,24)15-7-6-14(19)26-15/h2-7,16H,8-11H2,1H3/t16-/m1/s1. The van der Waals surface area contributed by atoms with Crippen LogP contribution in [0.3, 0.4) is 0 Å². The molecule has 2 aromatic rings. The molecule has 0 saturated carbocycles. The number of thiophene rings is 1. The first kappa shape index (κ1) is 20.6. The lowest BCUT2D eigenvalue weighted by Gasteiger charge is -2.37. The van der Waals surface area contributed by atoms with E-state index < -0.39 is 22.0 Å². The number of hydrogen-bond acceptors (Lipinski definition) is 6. The van der Waals surface area contributed by atoms with Crippen molar-refractivity contribution in [3.63, 3.8) is 0 Å². The third-order valence-corrected chi connectivity index (χ3v) is 8.35. The maximum absolute atomic E-state index is 12.7. The Labute approximate surface area is 172 Å². The first-order chi connectivity index (χ1) is 12.8. The highest BCUT2D eigenvalue weighted by Crippen LogP contribution is 2.32. The summed E-state index contributed by atoms with van der Waals surface area (Å²) >= 11 is 13.2. The smallest absolute Gasteiger partial charge is 0.327 e. The zero-order valence-corrected chi connectivity index (χ0v) is 17.6. The molecule has 0 spiro atoms. The van der Waals surface area contributed by atoms with Gasteiger partial charge in [0.05, 0.1) is 11.4 Å². The summed E-state index contributed by atoms with van der Waals surface area (Å²) in [5.41, 5.74) is 0.646. The highest BCUT2D eigenvalue weighted by Gasteiger charge is 2.36. The number of esters is 1. The Bertz CT molecular complexity index is 925. The molecule has 1 aromatic carbocycles. The SMILES string of the molecule is COC(=O)[C@@H](c1ccccc1Cl)N1CCN(S(=O)(=O)c2ccc(Cl)s2)CC1. The quantitative estimate of drug-likeness (QED) is 0.656. The van der Waals surface area contributed by atoms with Gasteiger partial charge in [0.25, 0.3) is 10.0 Å². The van der Waals surface area contributed by atoms with E-state index in [9.17, 15) is 13.2 Å². The molecular formula is C17H18Cl2N2O4S2. The van der Waals surface area contributed by atoms with E-state index in [4.69, 9.17) is 27.9 Å². The number of rotatable bonds is 5. The topological polar surface area (TPSA) is 66.9 Å². The zero-order chi connectivity index (χ0) is 19.6. The Morgan fingerprint density at radius 1 is 1.11 bits per heavy atom. The van der Waals surface area contributed by atoms with Gasteiger partial charge in [0.1, 0.15) is 10.3 Å². The Morgan fingerprint density at radius 3 is 2.33 bits per heavy atom.